The van der Waals surface area contributed by atoms with E-state index in [-0.39, 0.29) is 0 Å². The van der Waals surface area contributed by atoms with E-state index in [1.807, 2.05) is 37.3 Å². The lowest BCUT2D eigenvalue weighted by atomic mass is 9.75. The summed E-state index contributed by atoms with van der Waals surface area (Å²) in [6.45, 7) is 5.82. The molecule has 1 aliphatic heterocycles. The van der Waals surface area contributed by atoms with Gasteiger partial charge in [-0.2, -0.15) is 0 Å². The molecule has 1 unspecified atom stereocenters. The number of hydrogen-bond acceptors (Lipinski definition) is 7. The molecule has 0 spiro atoms. The van der Waals surface area contributed by atoms with E-state index in [2.05, 4.69) is 38.1 Å². The van der Waals surface area contributed by atoms with Gasteiger partial charge in [0.25, 0.3) is 0 Å². The number of unbranched alkanes of at least 4 members (excludes halogenated alkanes) is 1. The molecule has 9 heteroatoms. The number of nitrogens with zero attached hydrogens (tertiary/aromatic N) is 3. The van der Waals surface area contributed by atoms with Crippen LogP contribution in [0.3, 0.4) is 0 Å². The third kappa shape index (κ3) is 6.37. The number of hydrogen-bond donors (Lipinski definition) is 2. The molecule has 9 nitrogen and oxygen atoms in total. The van der Waals surface area contributed by atoms with Crippen molar-refractivity contribution in [1.82, 2.24) is 9.97 Å². The number of pyridine rings is 2. The van der Waals surface area contributed by atoms with Gasteiger partial charge in [0.1, 0.15) is 24.8 Å². The summed E-state index contributed by atoms with van der Waals surface area (Å²) in [4.78, 5) is 21.4. The predicted octanol–water partition coefficient (Wildman–Crippen LogP) is 3.44. The number of aryl methyl sites for hydroxylation is 1. The zero-order valence-electron chi connectivity index (χ0n) is 24.1. The summed E-state index contributed by atoms with van der Waals surface area (Å²) in [5.41, 5.74) is 6.86. The van der Waals surface area contributed by atoms with Gasteiger partial charge in [-0.25, -0.2) is 9.97 Å². The molecular weight excluding hydrogens is 508 g/mol. The van der Waals surface area contributed by atoms with E-state index in [0.717, 1.165) is 41.3 Å². The average molecular weight is 552 g/mol. The van der Waals surface area contributed by atoms with Crippen LogP contribution in [0, 0.1) is 0 Å². The van der Waals surface area contributed by atoms with Crippen molar-refractivity contribution < 1.29 is 28.6 Å². The fraction of sp³-hybridized carbons (Fsp3) is 0.516. The van der Waals surface area contributed by atoms with Crippen molar-refractivity contribution in [3.8, 4) is 11.8 Å². The molecule has 3 aromatic rings. The maximum atomic E-state index is 12.3. The number of aliphatic hydroxyl groups excluding tert-OH is 1. The van der Waals surface area contributed by atoms with Crippen LogP contribution in [0.2, 0.25) is 0 Å². The zero-order valence-corrected chi connectivity index (χ0v) is 24.1. The first-order chi connectivity index (χ1) is 19.2. The maximum absolute atomic E-state index is 12.3. The van der Waals surface area contributed by atoms with Gasteiger partial charge in [0.15, 0.2) is 6.10 Å². The molecule has 1 aliphatic rings. The number of likely N-dealkylation sites (N-methyl/N-ethyl adjacent to an activating group) is 1. The largest absolute Gasteiger partial charge is 0.478 e. The highest BCUT2D eigenvalue weighted by Gasteiger charge is 2.57. The Morgan fingerprint density at radius 2 is 2.00 bits per heavy atom. The average Bonchev–Trinajstić information content (AvgIpc) is 2.93. The van der Waals surface area contributed by atoms with Crippen molar-refractivity contribution in [2.24, 2.45) is 5.73 Å². The molecule has 0 aliphatic carbocycles. The Balaban J connectivity index is 1.61. The molecule has 2 aromatic heterocycles. The van der Waals surface area contributed by atoms with Gasteiger partial charge in [0.05, 0.1) is 27.3 Å². The maximum Gasteiger partial charge on any atom is 0.249 e. The Morgan fingerprint density at radius 3 is 2.75 bits per heavy atom. The second-order valence-electron chi connectivity index (χ2n) is 11.1. The molecule has 216 valence electrons. The van der Waals surface area contributed by atoms with Crippen LogP contribution in [-0.2, 0) is 22.4 Å². The lowest BCUT2D eigenvalue weighted by Gasteiger charge is -2.54. The number of amides is 1. The first kappa shape index (κ1) is 29.7. The third-order valence-electron chi connectivity index (χ3n) is 8.19. The fourth-order valence-corrected chi connectivity index (χ4v) is 5.74. The van der Waals surface area contributed by atoms with Gasteiger partial charge >= 0.3 is 0 Å². The Kier molecular flexibility index (Phi) is 9.60. The van der Waals surface area contributed by atoms with Crippen LogP contribution in [0.25, 0.3) is 10.8 Å². The highest BCUT2D eigenvalue weighted by molar-refractivity contribution is 5.87. The standard InChI is InChI=1S/C31H42N4O5/c1-5-7-11-24-20-23-10-8-9-12-25(23)30(34-24)40-18-16-35(3,4)31(14-17-39-27(28(31)36)29(32)37)21-22-13-15-33-26(19-22)38-6-2/h8-10,12-13,15,19-20,27-28,36H,5-7,11,14,16-18,21H2,1-4H3,(H-,32,37)/p+1/t27?,28-,31+/m0/s1. The van der Waals surface area contributed by atoms with E-state index < -0.39 is 23.7 Å². The van der Waals surface area contributed by atoms with Gasteiger partial charge in [0, 0.05) is 36.2 Å². The number of benzene rings is 1. The van der Waals surface area contributed by atoms with E-state index in [4.69, 9.17) is 24.9 Å². The van der Waals surface area contributed by atoms with Crippen LogP contribution in [0.5, 0.6) is 11.8 Å². The van der Waals surface area contributed by atoms with Gasteiger partial charge in [-0.1, -0.05) is 31.5 Å². The molecule has 4 rings (SSSR count). The highest BCUT2D eigenvalue weighted by atomic mass is 16.5. The van der Waals surface area contributed by atoms with Gasteiger partial charge < -0.3 is 29.5 Å². The first-order valence-corrected chi connectivity index (χ1v) is 14.2. The van der Waals surface area contributed by atoms with Crippen molar-refractivity contribution in [2.45, 2.75) is 63.7 Å². The van der Waals surface area contributed by atoms with E-state index >= 15 is 0 Å². The number of rotatable bonds is 13. The molecule has 0 radical (unpaired) electrons. The molecule has 0 saturated carbocycles. The summed E-state index contributed by atoms with van der Waals surface area (Å²) in [6.07, 6.45) is 3.57. The first-order valence-electron chi connectivity index (χ1n) is 14.2. The smallest absolute Gasteiger partial charge is 0.249 e. The van der Waals surface area contributed by atoms with Crippen molar-refractivity contribution >= 4 is 16.7 Å². The number of carbonyl (C=O) groups excluding carboxylic acids is 1. The highest BCUT2D eigenvalue weighted by Crippen LogP contribution is 2.38. The molecule has 3 heterocycles. The van der Waals surface area contributed by atoms with Gasteiger partial charge in [-0.3, -0.25) is 4.79 Å². The minimum Gasteiger partial charge on any atom is -0.478 e. The number of fused-ring (bicyclic) bond motifs is 1. The number of quaternary nitrogens is 1. The summed E-state index contributed by atoms with van der Waals surface area (Å²) in [5, 5.41) is 13.7. The topological polar surface area (TPSA) is 117 Å². The second-order valence-corrected chi connectivity index (χ2v) is 11.1. The molecule has 40 heavy (non-hydrogen) atoms. The van der Waals surface area contributed by atoms with Crippen LogP contribution in [-0.4, -0.2) is 83.7 Å². The van der Waals surface area contributed by atoms with Crippen LogP contribution < -0.4 is 15.2 Å². The molecule has 1 amide bonds. The van der Waals surface area contributed by atoms with Crippen molar-refractivity contribution in [1.29, 1.82) is 0 Å². The number of ether oxygens (including phenoxy) is 3. The molecular formula is C31H43N4O5+. The van der Waals surface area contributed by atoms with E-state index in [1.54, 1.807) is 6.20 Å². The predicted molar refractivity (Wildman–Crippen MR) is 154 cm³/mol. The summed E-state index contributed by atoms with van der Waals surface area (Å²) in [7, 11) is 4.12. The lowest BCUT2D eigenvalue weighted by Crippen LogP contribution is -2.73. The van der Waals surface area contributed by atoms with Crippen molar-refractivity contribution in [3.63, 3.8) is 0 Å². The Labute approximate surface area is 236 Å². The lowest BCUT2D eigenvalue weighted by molar-refractivity contribution is -0.948. The quantitative estimate of drug-likeness (QED) is 0.313. The molecule has 3 N–H and O–H groups in total. The van der Waals surface area contributed by atoms with E-state index in [1.165, 1.54) is 0 Å². The Hall–Kier alpha value is -3.27. The second kappa shape index (κ2) is 12.9. The SMILES string of the molecule is CCCCc1cc2ccccc2c(OCC[N+](C)(C)[C@@]2(Cc3ccnc(OCC)c3)CCOC(C(N)=O)[C@@H]2O)n1. The third-order valence-corrected chi connectivity index (χ3v) is 8.19. The number of primary amides is 1. The fourth-order valence-electron chi connectivity index (χ4n) is 5.74. The minimum absolute atomic E-state index is 0.308. The zero-order chi connectivity index (χ0) is 28.8. The van der Waals surface area contributed by atoms with Crippen LogP contribution in [0.15, 0.2) is 48.7 Å². The molecule has 1 fully saturated rings. The van der Waals surface area contributed by atoms with Crippen LogP contribution in [0.4, 0.5) is 0 Å². The summed E-state index contributed by atoms with van der Waals surface area (Å²) >= 11 is 0. The Bertz CT molecular complexity index is 1300. The van der Waals surface area contributed by atoms with Crippen molar-refractivity contribution in [2.75, 3.05) is 40.5 Å². The van der Waals surface area contributed by atoms with Crippen LogP contribution in [0.1, 0.15) is 44.4 Å². The van der Waals surface area contributed by atoms with Crippen LogP contribution >= 0.6 is 0 Å². The summed E-state index contributed by atoms with van der Waals surface area (Å²) in [6, 6.07) is 14.1. The van der Waals surface area contributed by atoms with Gasteiger partial charge in [0.2, 0.25) is 17.7 Å². The van der Waals surface area contributed by atoms with E-state index in [9.17, 15) is 9.90 Å². The van der Waals surface area contributed by atoms with Crippen molar-refractivity contribution in [3.05, 3.63) is 59.9 Å². The number of carbonyl (C=O) groups is 1. The number of aliphatic hydroxyl groups is 1. The monoisotopic (exact) mass is 551 g/mol. The Morgan fingerprint density at radius 1 is 1.20 bits per heavy atom. The van der Waals surface area contributed by atoms with Gasteiger partial charge in [-0.15, -0.1) is 0 Å². The molecule has 3 atom stereocenters. The number of aromatic nitrogens is 2. The number of nitrogens with two attached hydrogens (primary N) is 1. The molecule has 1 aromatic carbocycles. The summed E-state index contributed by atoms with van der Waals surface area (Å²) < 4.78 is 18.0. The van der Waals surface area contributed by atoms with E-state index in [0.29, 0.717) is 55.5 Å². The molecule has 1 saturated heterocycles. The van der Waals surface area contributed by atoms with Gasteiger partial charge in [-0.05, 0) is 48.9 Å². The molecule has 0 bridgehead atoms. The minimum atomic E-state index is -1.12. The summed E-state index contributed by atoms with van der Waals surface area (Å²) in [5.74, 6) is 0.478. The normalized spacial score (nSPS) is 21.3.